The Balaban J connectivity index is 1.76. The highest BCUT2D eigenvalue weighted by molar-refractivity contribution is 5.81. The summed E-state index contributed by atoms with van der Waals surface area (Å²) in [6, 6.07) is 10.5. The number of aryl methyl sites for hydroxylation is 2. The highest BCUT2D eigenvalue weighted by Crippen LogP contribution is 2.17. The van der Waals surface area contributed by atoms with Crippen molar-refractivity contribution in [2.75, 3.05) is 11.9 Å². The van der Waals surface area contributed by atoms with Crippen molar-refractivity contribution in [2.45, 2.75) is 26.3 Å². The summed E-state index contributed by atoms with van der Waals surface area (Å²) in [5.41, 5.74) is 2.38. The predicted molar refractivity (Wildman–Crippen MR) is 86.5 cm³/mol. The van der Waals surface area contributed by atoms with Gasteiger partial charge in [-0.1, -0.05) is 31.2 Å². The van der Waals surface area contributed by atoms with Gasteiger partial charge in [0.2, 0.25) is 5.95 Å². The maximum atomic E-state index is 4.51. The zero-order chi connectivity index (χ0) is 14.5. The lowest BCUT2D eigenvalue weighted by atomic mass is 10.1. The lowest BCUT2D eigenvalue weighted by Gasteiger charge is -2.10. The van der Waals surface area contributed by atoms with Crippen LogP contribution in [0.1, 0.15) is 18.9 Å². The quantitative estimate of drug-likeness (QED) is 0.751. The number of hydrogen-bond donors (Lipinski definition) is 1. The Bertz CT molecular complexity index is 712. The van der Waals surface area contributed by atoms with Gasteiger partial charge in [0.15, 0.2) is 0 Å². The first kappa shape index (κ1) is 13.6. The van der Waals surface area contributed by atoms with E-state index in [1.807, 2.05) is 24.7 Å². The van der Waals surface area contributed by atoms with Crippen LogP contribution in [0.2, 0.25) is 0 Å². The van der Waals surface area contributed by atoms with E-state index in [1.165, 1.54) is 10.9 Å². The number of rotatable bonds is 6. The molecular weight excluding hydrogens is 260 g/mol. The van der Waals surface area contributed by atoms with E-state index in [2.05, 4.69) is 51.0 Å². The molecule has 1 N–H and O–H groups in total. The summed E-state index contributed by atoms with van der Waals surface area (Å²) in [6.45, 7) is 4.01. The fourth-order valence-electron chi connectivity index (χ4n) is 2.50. The van der Waals surface area contributed by atoms with Crippen LogP contribution in [-0.2, 0) is 13.0 Å². The van der Waals surface area contributed by atoms with Gasteiger partial charge in [-0.15, -0.1) is 0 Å². The normalized spacial score (nSPS) is 10.9. The van der Waals surface area contributed by atoms with Crippen molar-refractivity contribution >= 4 is 16.9 Å². The Labute approximate surface area is 124 Å². The molecule has 0 aliphatic carbocycles. The van der Waals surface area contributed by atoms with Crippen molar-refractivity contribution in [3.8, 4) is 0 Å². The van der Waals surface area contributed by atoms with Gasteiger partial charge >= 0.3 is 0 Å². The number of nitrogens with one attached hydrogen (secondary N) is 1. The Morgan fingerprint density at radius 1 is 1.10 bits per heavy atom. The van der Waals surface area contributed by atoms with Gasteiger partial charge in [-0.3, -0.25) is 4.98 Å². The predicted octanol–water partition coefficient (Wildman–Crippen LogP) is 3.50. The van der Waals surface area contributed by atoms with Crippen molar-refractivity contribution in [3.63, 3.8) is 0 Å². The fourth-order valence-corrected chi connectivity index (χ4v) is 2.50. The summed E-state index contributed by atoms with van der Waals surface area (Å²) in [5.74, 6) is 0.949. The lowest BCUT2D eigenvalue weighted by molar-refractivity contribution is 0.700. The molecule has 2 aromatic heterocycles. The second-order valence-corrected chi connectivity index (χ2v) is 5.11. The van der Waals surface area contributed by atoms with Crippen LogP contribution in [0.3, 0.4) is 0 Å². The van der Waals surface area contributed by atoms with Crippen LogP contribution in [0.25, 0.3) is 10.9 Å². The number of para-hydroxylation sites is 1. The van der Waals surface area contributed by atoms with Crippen molar-refractivity contribution < 1.29 is 0 Å². The minimum Gasteiger partial charge on any atom is -0.356 e. The average molecular weight is 280 g/mol. The first-order valence-electron chi connectivity index (χ1n) is 7.46. The van der Waals surface area contributed by atoms with E-state index in [4.69, 9.17) is 0 Å². The third-order valence-corrected chi connectivity index (χ3v) is 3.59. The lowest BCUT2D eigenvalue weighted by Crippen LogP contribution is -2.09. The van der Waals surface area contributed by atoms with Crippen LogP contribution in [0.5, 0.6) is 0 Å². The number of benzene rings is 1. The molecule has 0 amide bonds. The molecule has 4 nitrogen and oxygen atoms in total. The fraction of sp³-hybridized carbons (Fsp3) is 0.294. The van der Waals surface area contributed by atoms with E-state index in [0.717, 1.165) is 37.4 Å². The highest BCUT2D eigenvalue weighted by Gasteiger charge is 2.05. The van der Waals surface area contributed by atoms with Crippen LogP contribution in [-0.4, -0.2) is 21.1 Å². The molecule has 3 rings (SSSR count). The van der Waals surface area contributed by atoms with E-state index < -0.39 is 0 Å². The molecule has 0 fully saturated rings. The zero-order valence-electron chi connectivity index (χ0n) is 12.3. The molecule has 108 valence electrons. The summed E-state index contributed by atoms with van der Waals surface area (Å²) in [5, 5.41) is 4.55. The number of imidazole rings is 1. The van der Waals surface area contributed by atoms with Gasteiger partial charge in [0.1, 0.15) is 0 Å². The molecule has 3 aromatic rings. The van der Waals surface area contributed by atoms with Crippen LogP contribution in [0, 0.1) is 0 Å². The molecule has 21 heavy (non-hydrogen) atoms. The second kappa shape index (κ2) is 6.39. The minimum atomic E-state index is 0.904. The van der Waals surface area contributed by atoms with Gasteiger partial charge in [0.25, 0.3) is 0 Å². The number of pyridine rings is 1. The standard InChI is InChI=1S/C17H20N4/c1-2-9-19-17-20-11-13-21(17)12-8-15-6-3-5-14-7-4-10-18-16(14)15/h3-7,10-11,13H,2,8-9,12H2,1H3,(H,19,20). The van der Waals surface area contributed by atoms with Gasteiger partial charge in [-0.25, -0.2) is 4.98 Å². The monoisotopic (exact) mass is 280 g/mol. The maximum absolute atomic E-state index is 4.51. The molecule has 2 heterocycles. The Morgan fingerprint density at radius 2 is 2.00 bits per heavy atom. The number of fused-ring (bicyclic) bond motifs is 1. The van der Waals surface area contributed by atoms with Gasteiger partial charge in [-0.05, 0) is 24.5 Å². The van der Waals surface area contributed by atoms with Crippen molar-refractivity contribution in [1.29, 1.82) is 0 Å². The van der Waals surface area contributed by atoms with Crippen molar-refractivity contribution in [3.05, 3.63) is 54.5 Å². The molecule has 0 bridgehead atoms. The smallest absolute Gasteiger partial charge is 0.202 e. The number of anilines is 1. The summed E-state index contributed by atoms with van der Waals surface area (Å²) < 4.78 is 2.16. The summed E-state index contributed by atoms with van der Waals surface area (Å²) in [4.78, 5) is 8.88. The SMILES string of the molecule is CCCNc1nccn1CCc1cccc2cccnc12. The van der Waals surface area contributed by atoms with Gasteiger partial charge < -0.3 is 9.88 Å². The average Bonchev–Trinajstić information content (AvgIpc) is 2.98. The van der Waals surface area contributed by atoms with E-state index >= 15 is 0 Å². The Morgan fingerprint density at radius 3 is 2.90 bits per heavy atom. The Kier molecular flexibility index (Phi) is 4.15. The van der Waals surface area contributed by atoms with Crippen molar-refractivity contribution in [2.24, 2.45) is 0 Å². The molecule has 0 atom stereocenters. The topological polar surface area (TPSA) is 42.7 Å². The van der Waals surface area contributed by atoms with Crippen molar-refractivity contribution in [1.82, 2.24) is 14.5 Å². The van der Waals surface area contributed by atoms with E-state index in [0.29, 0.717) is 0 Å². The molecule has 0 aliphatic heterocycles. The highest BCUT2D eigenvalue weighted by atomic mass is 15.2. The van der Waals surface area contributed by atoms with Crippen LogP contribution in [0.15, 0.2) is 48.9 Å². The minimum absolute atomic E-state index is 0.904. The zero-order valence-corrected chi connectivity index (χ0v) is 12.3. The first-order valence-corrected chi connectivity index (χ1v) is 7.46. The van der Waals surface area contributed by atoms with Gasteiger partial charge in [0.05, 0.1) is 5.52 Å². The third kappa shape index (κ3) is 3.05. The molecule has 0 radical (unpaired) electrons. The molecular formula is C17H20N4. The number of nitrogens with zero attached hydrogens (tertiary/aromatic N) is 3. The largest absolute Gasteiger partial charge is 0.356 e. The van der Waals surface area contributed by atoms with Crippen LogP contribution >= 0.6 is 0 Å². The number of hydrogen-bond acceptors (Lipinski definition) is 3. The summed E-state index contributed by atoms with van der Waals surface area (Å²) in [6.07, 6.45) is 7.78. The van der Waals surface area contributed by atoms with Crippen LogP contribution < -0.4 is 5.32 Å². The second-order valence-electron chi connectivity index (χ2n) is 5.11. The van der Waals surface area contributed by atoms with E-state index in [9.17, 15) is 0 Å². The molecule has 0 unspecified atom stereocenters. The summed E-state index contributed by atoms with van der Waals surface area (Å²) >= 11 is 0. The van der Waals surface area contributed by atoms with E-state index in [1.54, 1.807) is 0 Å². The molecule has 0 saturated heterocycles. The Hall–Kier alpha value is -2.36. The van der Waals surface area contributed by atoms with Crippen LogP contribution in [0.4, 0.5) is 5.95 Å². The van der Waals surface area contributed by atoms with Gasteiger partial charge in [0, 0.05) is 37.1 Å². The molecule has 0 aliphatic rings. The maximum Gasteiger partial charge on any atom is 0.202 e. The molecule has 0 saturated carbocycles. The van der Waals surface area contributed by atoms with E-state index in [-0.39, 0.29) is 0 Å². The molecule has 4 heteroatoms. The molecule has 1 aromatic carbocycles. The first-order chi connectivity index (χ1) is 10.4. The molecule has 0 spiro atoms. The van der Waals surface area contributed by atoms with Gasteiger partial charge in [-0.2, -0.15) is 0 Å². The summed E-state index contributed by atoms with van der Waals surface area (Å²) in [7, 11) is 0. The number of aromatic nitrogens is 3. The third-order valence-electron chi connectivity index (χ3n) is 3.59.